The molecule has 2 rings (SSSR count). The van der Waals surface area contributed by atoms with Crippen molar-refractivity contribution in [2.24, 2.45) is 5.73 Å². The smallest absolute Gasteiger partial charge is 0.122 e. The van der Waals surface area contributed by atoms with E-state index in [4.69, 9.17) is 10.5 Å². The molecule has 2 N–H and O–H groups in total. The highest BCUT2D eigenvalue weighted by atomic mass is 16.5. The summed E-state index contributed by atoms with van der Waals surface area (Å²) >= 11 is 0. The maximum atomic E-state index is 5.60. The van der Waals surface area contributed by atoms with Gasteiger partial charge in [0.2, 0.25) is 0 Å². The maximum Gasteiger partial charge on any atom is 0.122 e. The molecule has 1 aromatic carbocycles. The van der Waals surface area contributed by atoms with Gasteiger partial charge in [0.25, 0.3) is 0 Å². The highest BCUT2D eigenvalue weighted by Crippen LogP contribution is 2.29. The number of aryl methyl sites for hydroxylation is 3. The van der Waals surface area contributed by atoms with Crippen LogP contribution in [0.4, 0.5) is 0 Å². The Hall–Kier alpha value is -1.81. The number of aromatic nitrogens is 2. The molecule has 0 amide bonds. The Morgan fingerprint density at radius 1 is 1.21 bits per heavy atom. The molecule has 0 fully saturated rings. The van der Waals surface area contributed by atoms with Gasteiger partial charge in [0.15, 0.2) is 0 Å². The van der Waals surface area contributed by atoms with Gasteiger partial charge in [-0.25, -0.2) is 4.98 Å². The lowest BCUT2D eigenvalue weighted by molar-refractivity contribution is 0.411. The zero-order valence-electron chi connectivity index (χ0n) is 12.0. The molecule has 0 saturated carbocycles. The fraction of sp³-hybridized carbons (Fsp3) is 0.400. The summed E-state index contributed by atoms with van der Waals surface area (Å²) in [5.41, 5.74) is 10.0. The largest absolute Gasteiger partial charge is 0.496 e. The first-order valence-corrected chi connectivity index (χ1v) is 6.46. The first kappa shape index (κ1) is 13.6. The van der Waals surface area contributed by atoms with Crippen molar-refractivity contribution in [3.8, 4) is 17.0 Å². The van der Waals surface area contributed by atoms with Gasteiger partial charge < -0.3 is 15.0 Å². The van der Waals surface area contributed by atoms with E-state index in [0.29, 0.717) is 6.54 Å². The van der Waals surface area contributed by atoms with Crippen molar-refractivity contribution in [2.75, 3.05) is 13.7 Å². The average molecular weight is 259 g/mol. The van der Waals surface area contributed by atoms with E-state index in [0.717, 1.165) is 34.9 Å². The van der Waals surface area contributed by atoms with Gasteiger partial charge >= 0.3 is 0 Å². The number of ether oxygens (including phenoxy) is 1. The first-order chi connectivity index (χ1) is 9.06. The molecule has 0 atom stereocenters. The number of hydrogen-bond acceptors (Lipinski definition) is 3. The Morgan fingerprint density at radius 3 is 2.58 bits per heavy atom. The molecule has 2 aromatic rings. The summed E-state index contributed by atoms with van der Waals surface area (Å²) in [5.74, 6) is 1.91. The summed E-state index contributed by atoms with van der Waals surface area (Å²) in [6.07, 6.45) is 2.07. The van der Waals surface area contributed by atoms with E-state index in [-0.39, 0.29) is 0 Å². The third kappa shape index (κ3) is 2.63. The van der Waals surface area contributed by atoms with Gasteiger partial charge in [0.1, 0.15) is 11.6 Å². The summed E-state index contributed by atoms with van der Waals surface area (Å²) < 4.78 is 7.43. The predicted molar refractivity (Wildman–Crippen MR) is 77.5 cm³/mol. The van der Waals surface area contributed by atoms with Crippen molar-refractivity contribution in [2.45, 2.75) is 27.3 Å². The van der Waals surface area contributed by atoms with Crippen LogP contribution in [0.1, 0.15) is 17.0 Å². The van der Waals surface area contributed by atoms with Gasteiger partial charge in [-0.15, -0.1) is 0 Å². The van der Waals surface area contributed by atoms with Gasteiger partial charge in [-0.2, -0.15) is 0 Å². The van der Waals surface area contributed by atoms with E-state index >= 15 is 0 Å². The SMILES string of the molecule is COc1cc(C)c(-c2cn(CCN)c(C)n2)cc1C. The lowest BCUT2D eigenvalue weighted by Crippen LogP contribution is -2.10. The summed E-state index contributed by atoms with van der Waals surface area (Å²) in [6, 6.07) is 4.19. The molecule has 0 spiro atoms. The second-order valence-electron chi connectivity index (χ2n) is 4.79. The molecule has 0 radical (unpaired) electrons. The molecule has 0 aliphatic heterocycles. The third-order valence-corrected chi connectivity index (χ3v) is 3.36. The monoisotopic (exact) mass is 259 g/mol. The molecule has 0 aliphatic rings. The van der Waals surface area contributed by atoms with Gasteiger partial charge in [-0.05, 0) is 44.0 Å². The van der Waals surface area contributed by atoms with Crippen LogP contribution < -0.4 is 10.5 Å². The average Bonchev–Trinajstić information content (AvgIpc) is 2.73. The zero-order chi connectivity index (χ0) is 14.0. The van der Waals surface area contributed by atoms with Crippen molar-refractivity contribution in [1.82, 2.24) is 9.55 Å². The Morgan fingerprint density at radius 2 is 1.95 bits per heavy atom. The Labute approximate surface area is 114 Å². The number of hydrogen-bond donors (Lipinski definition) is 1. The van der Waals surface area contributed by atoms with Crippen molar-refractivity contribution in [3.05, 3.63) is 35.3 Å². The highest BCUT2D eigenvalue weighted by molar-refractivity contribution is 5.66. The summed E-state index contributed by atoms with van der Waals surface area (Å²) in [7, 11) is 1.70. The normalized spacial score (nSPS) is 10.8. The number of benzene rings is 1. The lowest BCUT2D eigenvalue weighted by Gasteiger charge is -2.09. The number of imidazole rings is 1. The van der Waals surface area contributed by atoms with Crippen molar-refractivity contribution in [3.63, 3.8) is 0 Å². The number of nitrogens with two attached hydrogens (primary N) is 1. The van der Waals surface area contributed by atoms with E-state index < -0.39 is 0 Å². The van der Waals surface area contributed by atoms with Crippen LogP contribution in [0.15, 0.2) is 18.3 Å². The molecule has 19 heavy (non-hydrogen) atoms. The van der Waals surface area contributed by atoms with Crippen LogP contribution in [0, 0.1) is 20.8 Å². The summed E-state index contributed by atoms with van der Waals surface area (Å²) in [5, 5.41) is 0. The fourth-order valence-electron chi connectivity index (χ4n) is 2.29. The van der Waals surface area contributed by atoms with Gasteiger partial charge in [0, 0.05) is 24.8 Å². The number of rotatable bonds is 4. The molecule has 0 unspecified atom stereocenters. The topological polar surface area (TPSA) is 53.1 Å². The molecule has 4 heteroatoms. The molecule has 0 bridgehead atoms. The number of nitrogens with zero attached hydrogens (tertiary/aromatic N) is 2. The minimum Gasteiger partial charge on any atom is -0.496 e. The van der Waals surface area contributed by atoms with Crippen LogP contribution in [-0.4, -0.2) is 23.2 Å². The van der Waals surface area contributed by atoms with E-state index in [1.807, 2.05) is 13.8 Å². The lowest BCUT2D eigenvalue weighted by atomic mass is 10.0. The van der Waals surface area contributed by atoms with Gasteiger partial charge in [0.05, 0.1) is 12.8 Å². The Balaban J connectivity index is 2.47. The van der Waals surface area contributed by atoms with E-state index in [2.05, 4.69) is 34.8 Å². The van der Waals surface area contributed by atoms with E-state index in [1.165, 1.54) is 5.56 Å². The van der Waals surface area contributed by atoms with Gasteiger partial charge in [-0.3, -0.25) is 0 Å². The first-order valence-electron chi connectivity index (χ1n) is 6.46. The van der Waals surface area contributed by atoms with Crippen LogP contribution in [0.2, 0.25) is 0 Å². The zero-order valence-corrected chi connectivity index (χ0v) is 12.0. The summed E-state index contributed by atoms with van der Waals surface area (Å²) in [6.45, 7) is 7.55. The third-order valence-electron chi connectivity index (χ3n) is 3.36. The molecule has 0 saturated heterocycles. The molecular formula is C15H21N3O. The molecule has 1 heterocycles. The Bertz CT molecular complexity index is 587. The molecule has 102 valence electrons. The second kappa shape index (κ2) is 5.45. The molecule has 0 aliphatic carbocycles. The quantitative estimate of drug-likeness (QED) is 0.917. The molecule has 4 nitrogen and oxygen atoms in total. The molecule has 1 aromatic heterocycles. The van der Waals surface area contributed by atoms with Crippen molar-refractivity contribution >= 4 is 0 Å². The van der Waals surface area contributed by atoms with Gasteiger partial charge in [-0.1, -0.05) is 0 Å². The standard InChI is InChI=1S/C15H21N3O/c1-10-8-15(19-4)11(2)7-13(10)14-9-18(6-5-16)12(3)17-14/h7-9H,5-6,16H2,1-4H3. The fourth-order valence-corrected chi connectivity index (χ4v) is 2.29. The predicted octanol–water partition coefficient (Wildman–Crippen LogP) is 2.44. The highest BCUT2D eigenvalue weighted by Gasteiger charge is 2.11. The van der Waals surface area contributed by atoms with Crippen LogP contribution in [0.5, 0.6) is 5.75 Å². The Kier molecular flexibility index (Phi) is 3.90. The van der Waals surface area contributed by atoms with Crippen LogP contribution in [0.25, 0.3) is 11.3 Å². The van der Waals surface area contributed by atoms with E-state index in [1.54, 1.807) is 7.11 Å². The maximum absolute atomic E-state index is 5.60. The second-order valence-corrected chi connectivity index (χ2v) is 4.79. The van der Waals surface area contributed by atoms with Crippen molar-refractivity contribution in [1.29, 1.82) is 0 Å². The van der Waals surface area contributed by atoms with Crippen LogP contribution >= 0.6 is 0 Å². The van der Waals surface area contributed by atoms with Crippen molar-refractivity contribution < 1.29 is 4.74 Å². The van der Waals surface area contributed by atoms with E-state index in [9.17, 15) is 0 Å². The molecular weight excluding hydrogens is 238 g/mol. The minimum atomic E-state index is 0.622. The number of methoxy groups -OCH3 is 1. The summed E-state index contributed by atoms with van der Waals surface area (Å²) in [4.78, 5) is 4.62. The van der Waals surface area contributed by atoms with Crippen LogP contribution in [-0.2, 0) is 6.54 Å². The minimum absolute atomic E-state index is 0.622. The van der Waals surface area contributed by atoms with Crippen LogP contribution in [0.3, 0.4) is 0 Å².